The van der Waals surface area contributed by atoms with Gasteiger partial charge in [0, 0.05) is 5.92 Å². The maximum atomic E-state index is 11.8. The lowest BCUT2D eigenvalue weighted by Crippen LogP contribution is -2.20. The van der Waals surface area contributed by atoms with Crippen LogP contribution < -0.4 is 0 Å². The van der Waals surface area contributed by atoms with E-state index in [1.807, 2.05) is 6.92 Å². The molecule has 2 aromatic carbocycles. The first-order chi connectivity index (χ1) is 14.4. The average Bonchev–Trinajstić information content (AvgIpc) is 2.75. The predicted octanol–water partition coefficient (Wildman–Crippen LogP) is 6.07. The smallest absolute Gasteiger partial charge is 0.342 e. The van der Waals surface area contributed by atoms with E-state index in [4.69, 9.17) is 4.74 Å². The van der Waals surface area contributed by atoms with Gasteiger partial charge in [0.05, 0.1) is 0 Å². The minimum absolute atomic E-state index is 0.0108. The largest absolute Gasteiger partial charge is 0.507 e. The molecule has 4 heteroatoms. The van der Waals surface area contributed by atoms with Gasteiger partial charge in [0.2, 0.25) is 0 Å². The predicted molar refractivity (Wildman–Crippen MR) is 120 cm³/mol. The maximum Gasteiger partial charge on any atom is 0.342 e. The number of hydrogen-bond acceptors (Lipinski definition) is 4. The maximum absolute atomic E-state index is 11.8. The van der Waals surface area contributed by atoms with E-state index >= 15 is 0 Å². The SMILES string of the molecule is CC(C=O)Cc1ccc(C(C)C)cc1.O=C(OC1CCCCC1)c1ccccc1O. The van der Waals surface area contributed by atoms with Gasteiger partial charge in [-0.15, -0.1) is 0 Å². The monoisotopic (exact) mass is 410 g/mol. The number of aromatic hydroxyl groups is 1. The lowest BCUT2D eigenvalue weighted by atomic mass is 9.98. The zero-order valence-electron chi connectivity index (χ0n) is 18.3. The van der Waals surface area contributed by atoms with Crippen molar-refractivity contribution in [2.24, 2.45) is 5.92 Å². The van der Waals surface area contributed by atoms with Crippen molar-refractivity contribution in [3.05, 3.63) is 65.2 Å². The Morgan fingerprint density at radius 3 is 2.23 bits per heavy atom. The molecule has 2 aromatic rings. The van der Waals surface area contributed by atoms with Gasteiger partial charge in [-0.3, -0.25) is 0 Å². The summed E-state index contributed by atoms with van der Waals surface area (Å²) in [6.07, 6.45) is 7.25. The van der Waals surface area contributed by atoms with Gasteiger partial charge in [0.1, 0.15) is 23.7 Å². The fourth-order valence-electron chi connectivity index (χ4n) is 3.50. The van der Waals surface area contributed by atoms with Crippen LogP contribution in [0.2, 0.25) is 0 Å². The Labute approximate surface area is 180 Å². The van der Waals surface area contributed by atoms with Crippen molar-refractivity contribution in [2.45, 2.75) is 71.3 Å². The van der Waals surface area contributed by atoms with Crippen molar-refractivity contribution in [3.8, 4) is 5.75 Å². The molecule has 1 saturated carbocycles. The van der Waals surface area contributed by atoms with E-state index in [9.17, 15) is 14.7 Å². The molecule has 162 valence electrons. The molecule has 0 bridgehead atoms. The van der Waals surface area contributed by atoms with Crippen LogP contribution in [0.1, 0.15) is 80.3 Å². The van der Waals surface area contributed by atoms with Crippen molar-refractivity contribution in [1.29, 1.82) is 0 Å². The molecule has 0 saturated heterocycles. The number of phenols is 1. The normalized spacial score (nSPS) is 15.1. The van der Waals surface area contributed by atoms with E-state index in [0.29, 0.717) is 5.92 Å². The molecule has 3 rings (SSSR count). The average molecular weight is 411 g/mol. The van der Waals surface area contributed by atoms with Crippen LogP contribution in [0.25, 0.3) is 0 Å². The fraction of sp³-hybridized carbons (Fsp3) is 0.462. The Bertz CT molecular complexity index is 789. The summed E-state index contributed by atoms with van der Waals surface area (Å²) in [6, 6.07) is 15.0. The van der Waals surface area contributed by atoms with Gasteiger partial charge >= 0.3 is 5.97 Å². The summed E-state index contributed by atoms with van der Waals surface area (Å²) in [5.41, 5.74) is 2.86. The first-order valence-electron chi connectivity index (χ1n) is 10.9. The summed E-state index contributed by atoms with van der Waals surface area (Å²) in [4.78, 5) is 22.2. The van der Waals surface area contributed by atoms with E-state index in [1.165, 1.54) is 23.6 Å². The highest BCUT2D eigenvalue weighted by Crippen LogP contribution is 2.23. The summed E-state index contributed by atoms with van der Waals surface area (Å²) in [7, 11) is 0. The van der Waals surface area contributed by atoms with Crippen LogP contribution in [-0.2, 0) is 16.0 Å². The number of phenolic OH excluding ortho intramolecular Hbond substituents is 1. The first kappa shape index (κ1) is 23.7. The number of ether oxygens (including phenoxy) is 1. The zero-order chi connectivity index (χ0) is 21.9. The number of esters is 1. The number of aldehydes is 1. The summed E-state index contributed by atoms with van der Waals surface area (Å²) < 4.78 is 5.36. The molecule has 1 fully saturated rings. The van der Waals surface area contributed by atoms with Gasteiger partial charge in [-0.25, -0.2) is 4.79 Å². The molecule has 0 heterocycles. The van der Waals surface area contributed by atoms with Crippen LogP contribution in [0.3, 0.4) is 0 Å². The minimum Gasteiger partial charge on any atom is -0.507 e. The van der Waals surface area contributed by atoms with E-state index in [2.05, 4.69) is 38.1 Å². The van der Waals surface area contributed by atoms with Crippen molar-refractivity contribution in [2.75, 3.05) is 0 Å². The third-order valence-electron chi connectivity index (χ3n) is 5.39. The molecule has 1 unspecified atom stereocenters. The third-order valence-corrected chi connectivity index (χ3v) is 5.39. The summed E-state index contributed by atoms with van der Waals surface area (Å²) in [5, 5.41) is 9.51. The van der Waals surface area contributed by atoms with Gasteiger partial charge in [-0.05, 0) is 61.3 Å². The quantitative estimate of drug-likeness (QED) is 0.464. The highest BCUT2D eigenvalue weighted by Gasteiger charge is 2.20. The standard InChI is InChI=1S/C13H16O3.C13H18O/c14-12-9-5-4-8-11(12)13(15)16-10-6-2-1-3-7-10;1-10(2)13-6-4-12(5-7-13)8-11(3)9-14/h4-5,8-10,14H,1-3,6-7H2;4-7,9-11H,8H2,1-3H3. The number of rotatable bonds is 6. The minimum atomic E-state index is -0.412. The first-order valence-corrected chi connectivity index (χ1v) is 10.9. The Morgan fingerprint density at radius 1 is 1.03 bits per heavy atom. The van der Waals surface area contributed by atoms with Crippen molar-refractivity contribution in [1.82, 2.24) is 0 Å². The summed E-state index contributed by atoms with van der Waals surface area (Å²) in [6.45, 7) is 6.31. The number of benzene rings is 2. The molecule has 4 nitrogen and oxygen atoms in total. The van der Waals surface area contributed by atoms with Crippen molar-refractivity contribution in [3.63, 3.8) is 0 Å². The molecule has 1 aliphatic rings. The van der Waals surface area contributed by atoms with Crippen LogP contribution in [0.5, 0.6) is 5.75 Å². The van der Waals surface area contributed by atoms with E-state index in [0.717, 1.165) is 38.4 Å². The Kier molecular flexibility index (Phi) is 9.59. The Morgan fingerprint density at radius 2 is 1.67 bits per heavy atom. The molecule has 0 radical (unpaired) electrons. The molecule has 30 heavy (non-hydrogen) atoms. The van der Waals surface area contributed by atoms with E-state index < -0.39 is 5.97 Å². The molecule has 0 aliphatic heterocycles. The second kappa shape index (κ2) is 12.2. The highest BCUT2D eigenvalue weighted by molar-refractivity contribution is 5.92. The van der Waals surface area contributed by atoms with Gasteiger partial charge < -0.3 is 14.6 Å². The Balaban J connectivity index is 0.000000216. The van der Waals surface area contributed by atoms with Gasteiger partial charge in [0.25, 0.3) is 0 Å². The number of para-hydroxylation sites is 1. The summed E-state index contributed by atoms with van der Waals surface area (Å²) >= 11 is 0. The lowest BCUT2D eigenvalue weighted by molar-refractivity contribution is -0.110. The topological polar surface area (TPSA) is 63.6 Å². The van der Waals surface area contributed by atoms with Gasteiger partial charge in [0.15, 0.2) is 0 Å². The highest BCUT2D eigenvalue weighted by atomic mass is 16.5. The van der Waals surface area contributed by atoms with Gasteiger partial charge in [-0.1, -0.05) is 63.6 Å². The molecule has 0 spiro atoms. The molecule has 1 N–H and O–H groups in total. The molecular weight excluding hydrogens is 376 g/mol. The summed E-state index contributed by atoms with van der Waals surface area (Å²) in [5.74, 6) is 0.278. The second-order valence-electron chi connectivity index (χ2n) is 8.40. The Hall–Kier alpha value is -2.62. The van der Waals surface area contributed by atoms with Crippen LogP contribution in [0, 0.1) is 5.92 Å². The van der Waals surface area contributed by atoms with Crippen LogP contribution in [-0.4, -0.2) is 23.5 Å². The van der Waals surface area contributed by atoms with E-state index in [1.54, 1.807) is 18.2 Å². The number of carbonyl (C=O) groups is 2. The molecule has 0 amide bonds. The molecule has 1 aliphatic carbocycles. The molecule has 0 aromatic heterocycles. The number of carbonyl (C=O) groups excluding carboxylic acids is 2. The van der Waals surface area contributed by atoms with Crippen LogP contribution in [0.4, 0.5) is 0 Å². The van der Waals surface area contributed by atoms with Crippen molar-refractivity contribution < 1.29 is 19.4 Å². The molecule has 1 atom stereocenters. The van der Waals surface area contributed by atoms with Crippen LogP contribution in [0.15, 0.2) is 48.5 Å². The zero-order valence-corrected chi connectivity index (χ0v) is 18.3. The second-order valence-corrected chi connectivity index (χ2v) is 8.40. The van der Waals surface area contributed by atoms with Crippen molar-refractivity contribution >= 4 is 12.3 Å². The molecular formula is C26H34O4. The number of hydrogen-bond donors (Lipinski definition) is 1. The van der Waals surface area contributed by atoms with Gasteiger partial charge in [-0.2, -0.15) is 0 Å². The third kappa shape index (κ3) is 7.66. The fourth-order valence-corrected chi connectivity index (χ4v) is 3.50. The lowest BCUT2D eigenvalue weighted by Gasteiger charge is -2.21. The van der Waals surface area contributed by atoms with Crippen LogP contribution >= 0.6 is 0 Å². The van der Waals surface area contributed by atoms with E-state index in [-0.39, 0.29) is 23.3 Å².